The number of hydrogen-bond donors (Lipinski definition) is 1. The number of hydrogen-bond acceptors (Lipinski definition) is 9. The van der Waals surface area contributed by atoms with Gasteiger partial charge in [-0.15, -0.1) is 6.42 Å². The first-order valence-electron chi connectivity index (χ1n) is 15.4. The lowest BCUT2D eigenvalue weighted by atomic mass is 9.90. The van der Waals surface area contributed by atoms with E-state index in [4.69, 9.17) is 20.9 Å². The summed E-state index contributed by atoms with van der Waals surface area (Å²) in [4.78, 5) is 17.9. The molecule has 0 radical (unpaired) electrons. The molecule has 4 aliphatic heterocycles. The fourth-order valence-corrected chi connectivity index (χ4v) is 7.90. The van der Waals surface area contributed by atoms with Crippen LogP contribution in [0.25, 0.3) is 32.9 Å². The molecule has 0 amide bonds. The summed E-state index contributed by atoms with van der Waals surface area (Å²) in [6, 6.07) is 7.21. The number of phenols is 1. The van der Waals surface area contributed by atoms with E-state index in [9.17, 15) is 19.1 Å². The predicted molar refractivity (Wildman–Crippen MR) is 163 cm³/mol. The molecule has 0 bridgehead atoms. The first kappa shape index (κ1) is 28.6. The van der Waals surface area contributed by atoms with Gasteiger partial charge in [0.05, 0.1) is 29.1 Å². The summed E-state index contributed by atoms with van der Waals surface area (Å²) in [7, 11) is 0. The zero-order valence-corrected chi connectivity index (χ0v) is 24.8. The maximum Gasteiger partial charge on any atom is 0.319 e. The van der Waals surface area contributed by atoms with Gasteiger partial charge in [-0.25, -0.2) is 18.2 Å². The number of aromatic nitrogens is 3. The Hall–Kier alpha value is -4.81. The SMILES string of the molecule is C#Cc1c(F)ccc2cc(O)cc(-c3nc4c5c(nc(OC[C@@]67CCCN6C[C@H](F)C7)nc5c3F)N3CCC[C@H](C#N)[C@H]3CO4)c12. The van der Waals surface area contributed by atoms with Crippen LogP contribution in [0.3, 0.4) is 0 Å². The van der Waals surface area contributed by atoms with E-state index in [1.54, 1.807) is 0 Å². The Labute approximate surface area is 262 Å². The van der Waals surface area contributed by atoms with Crippen LogP contribution in [-0.2, 0) is 0 Å². The molecule has 234 valence electrons. The van der Waals surface area contributed by atoms with Gasteiger partial charge >= 0.3 is 6.01 Å². The minimum atomic E-state index is -0.955. The maximum atomic E-state index is 16.9. The Bertz CT molecular complexity index is 2010. The van der Waals surface area contributed by atoms with Crippen LogP contribution < -0.4 is 14.4 Å². The van der Waals surface area contributed by atoms with Gasteiger partial charge < -0.3 is 19.5 Å². The van der Waals surface area contributed by atoms with Crippen LogP contribution >= 0.6 is 0 Å². The molecule has 12 heteroatoms. The van der Waals surface area contributed by atoms with E-state index in [1.807, 2.05) is 4.90 Å². The van der Waals surface area contributed by atoms with E-state index in [1.165, 1.54) is 24.3 Å². The van der Waals surface area contributed by atoms with Gasteiger partial charge in [-0.3, -0.25) is 4.90 Å². The number of phenolic OH excluding ortho intramolecular Hbond substituents is 1. The Morgan fingerprint density at radius 1 is 1.15 bits per heavy atom. The van der Waals surface area contributed by atoms with Gasteiger partial charge in [0.1, 0.15) is 53.4 Å². The van der Waals surface area contributed by atoms with Crippen molar-refractivity contribution in [1.29, 1.82) is 5.26 Å². The molecule has 6 heterocycles. The van der Waals surface area contributed by atoms with Gasteiger partial charge in [-0.2, -0.15) is 15.2 Å². The number of fused-ring (bicyclic) bond motifs is 4. The Morgan fingerprint density at radius 3 is 2.85 bits per heavy atom. The molecule has 2 aromatic carbocycles. The minimum absolute atomic E-state index is 0.0332. The second-order valence-electron chi connectivity index (χ2n) is 12.6. The van der Waals surface area contributed by atoms with E-state index in [2.05, 4.69) is 26.9 Å². The van der Waals surface area contributed by atoms with Crippen LogP contribution in [0.15, 0.2) is 24.3 Å². The van der Waals surface area contributed by atoms with Crippen molar-refractivity contribution in [3.63, 3.8) is 0 Å². The lowest BCUT2D eigenvalue weighted by Crippen LogP contribution is -2.48. The van der Waals surface area contributed by atoms with E-state index < -0.39 is 23.3 Å². The lowest BCUT2D eigenvalue weighted by molar-refractivity contribution is 0.107. The molecule has 0 saturated carbocycles. The highest BCUT2D eigenvalue weighted by Crippen LogP contribution is 2.45. The van der Waals surface area contributed by atoms with E-state index in [0.29, 0.717) is 43.6 Å². The summed E-state index contributed by atoms with van der Waals surface area (Å²) in [5, 5.41) is 21.4. The fourth-order valence-electron chi connectivity index (χ4n) is 7.90. The van der Waals surface area contributed by atoms with Crippen molar-refractivity contribution >= 4 is 27.5 Å². The number of halogens is 3. The van der Waals surface area contributed by atoms with Gasteiger partial charge in [0.25, 0.3) is 0 Å². The molecule has 0 aliphatic carbocycles. The van der Waals surface area contributed by atoms with Gasteiger partial charge in [0.15, 0.2) is 5.82 Å². The number of benzene rings is 2. The van der Waals surface area contributed by atoms with Crippen LogP contribution in [0, 0.1) is 41.2 Å². The molecule has 3 saturated heterocycles. The van der Waals surface area contributed by atoms with Crippen molar-refractivity contribution in [2.45, 2.75) is 49.9 Å². The number of nitriles is 1. The highest BCUT2D eigenvalue weighted by Gasteiger charge is 2.49. The van der Waals surface area contributed by atoms with Crippen LogP contribution in [0.2, 0.25) is 0 Å². The van der Waals surface area contributed by atoms with Crippen molar-refractivity contribution in [3.05, 3.63) is 41.5 Å². The second kappa shape index (κ2) is 10.6. The standard InChI is InChI=1S/C34H29F3N6O3/c1-2-22-24(36)7-6-18-11-21(44)12-23(26(18)22)29-28(37)30-27-31(43-10-3-5-19(14-38)25(43)16-45-32(27)39-29)41-33(40-30)46-17-34-8-4-9-42(34)15-20(35)13-34/h1,6-7,11-12,19-20,25,44H,3-5,8-10,13,15-17H2/t19-,20-,25-,34+/m1/s1. The van der Waals surface area contributed by atoms with Gasteiger partial charge in [-0.05, 0) is 55.8 Å². The predicted octanol–water partition coefficient (Wildman–Crippen LogP) is 5.27. The molecular weight excluding hydrogens is 597 g/mol. The first-order chi connectivity index (χ1) is 22.3. The molecule has 8 rings (SSSR count). The second-order valence-corrected chi connectivity index (χ2v) is 12.6. The highest BCUT2D eigenvalue weighted by molar-refractivity contribution is 6.04. The molecule has 4 aliphatic rings. The molecular formula is C34H29F3N6O3. The van der Waals surface area contributed by atoms with Crippen LogP contribution in [0.5, 0.6) is 17.6 Å². The number of pyridine rings is 1. The molecule has 4 aromatic rings. The summed E-state index contributed by atoms with van der Waals surface area (Å²) in [5.74, 6) is 0.599. The third-order valence-electron chi connectivity index (χ3n) is 10.0. The molecule has 0 spiro atoms. The average molecular weight is 627 g/mol. The summed E-state index contributed by atoms with van der Waals surface area (Å²) in [6.07, 6.45) is 8.15. The number of piperidine rings is 1. The maximum absolute atomic E-state index is 16.9. The van der Waals surface area contributed by atoms with Crippen LogP contribution in [0.1, 0.15) is 37.7 Å². The van der Waals surface area contributed by atoms with Crippen molar-refractivity contribution in [1.82, 2.24) is 19.9 Å². The molecule has 2 aromatic heterocycles. The molecule has 0 unspecified atom stereocenters. The molecule has 3 fully saturated rings. The molecule has 1 N–H and O–H groups in total. The average Bonchev–Trinajstić information content (AvgIpc) is 3.52. The lowest BCUT2D eigenvalue weighted by Gasteiger charge is -2.38. The van der Waals surface area contributed by atoms with Crippen molar-refractivity contribution in [2.75, 3.05) is 37.7 Å². The highest BCUT2D eigenvalue weighted by atomic mass is 19.1. The monoisotopic (exact) mass is 626 g/mol. The summed E-state index contributed by atoms with van der Waals surface area (Å²) < 4.78 is 58.7. The first-order valence-corrected chi connectivity index (χ1v) is 15.4. The zero-order valence-electron chi connectivity index (χ0n) is 24.8. The summed E-state index contributed by atoms with van der Waals surface area (Å²) in [5.41, 5.74) is -0.941. The van der Waals surface area contributed by atoms with Crippen LogP contribution in [-0.4, -0.2) is 75.6 Å². The fraction of sp³-hybridized carbons (Fsp3) is 0.412. The third kappa shape index (κ3) is 4.31. The number of terminal acetylenes is 1. The van der Waals surface area contributed by atoms with E-state index in [0.717, 1.165) is 19.4 Å². The number of rotatable bonds is 4. The topological polar surface area (TPSA) is 108 Å². The number of alkyl halides is 1. The molecule has 9 nitrogen and oxygen atoms in total. The minimum Gasteiger partial charge on any atom is -0.508 e. The number of ether oxygens (including phenoxy) is 2. The van der Waals surface area contributed by atoms with Gasteiger partial charge in [0, 0.05) is 30.5 Å². The third-order valence-corrected chi connectivity index (χ3v) is 10.0. The molecule has 4 atom stereocenters. The van der Waals surface area contributed by atoms with Crippen molar-refractivity contribution in [2.24, 2.45) is 5.92 Å². The number of aromatic hydroxyl groups is 1. The van der Waals surface area contributed by atoms with E-state index >= 15 is 4.39 Å². The van der Waals surface area contributed by atoms with Crippen LogP contribution in [0.4, 0.5) is 19.0 Å². The van der Waals surface area contributed by atoms with E-state index in [-0.39, 0.29) is 75.9 Å². The van der Waals surface area contributed by atoms with Gasteiger partial charge in [-0.1, -0.05) is 12.0 Å². The van der Waals surface area contributed by atoms with Crippen molar-refractivity contribution in [3.8, 4) is 47.3 Å². The smallest absolute Gasteiger partial charge is 0.319 e. The summed E-state index contributed by atoms with van der Waals surface area (Å²) >= 11 is 0. The summed E-state index contributed by atoms with van der Waals surface area (Å²) in [6.45, 7) is 1.89. The number of anilines is 1. The Balaban J connectivity index is 1.34. The van der Waals surface area contributed by atoms with Gasteiger partial charge in [0.2, 0.25) is 5.88 Å². The van der Waals surface area contributed by atoms with Crippen molar-refractivity contribution < 1.29 is 27.8 Å². The Kier molecular flexibility index (Phi) is 6.62. The zero-order chi connectivity index (χ0) is 31.7. The largest absolute Gasteiger partial charge is 0.508 e. The normalized spacial score (nSPS) is 25.4. The molecule has 46 heavy (non-hydrogen) atoms. The number of nitrogens with zero attached hydrogens (tertiary/aromatic N) is 6. The quantitative estimate of drug-likeness (QED) is 0.304. The Morgan fingerprint density at radius 2 is 2.02 bits per heavy atom.